The van der Waals surface area contributed by atoms with E-state index in [9.17, 15) is 15.0 Å². The molecule has 2 N–H and O–H groups in total. The molecule has 0 amide bonds. The fraction of sp³-hybridized carbons (Fsp3) is 0.435. The lowest BCUT2D eigenvalue weighted by Gasteiger charge is -2.25. The van der Waals surface area contributed by atoms with Gasteiger partial charge in [0, 0.05) is 12.6 Å². The predicted octanol–water partition coefficient (Wildman–Crippen LogP) is 3.96. The average molecular weight is 404 g/mol. The number of halogens is 1. The Hall–Kier alpha value is -1.88. The molecule has 1 saturated heterocycles. The van der Waals surface area contributed by atoms with Gasteiger partial charge >= 0.3 is 5.97 Å². The quantitative estimate of drug-likeness (QED) is 0.814. The Bertz CT molecular complexity index is 709. The summed E-state index contributed by atoms with van der Waals surface area (Å²) in [5, 5.41) is 18.9. The first-order chi connectivity index (χ1) is 12.9. The van der Waals surface area contributed by atoms with Crippen molar-refractivity contribution >= 4 is 18.4 Å². The van der Waals surface area contributed by atoms with Crippen LogP contribution in [0.1, 0.15) is 37.3 Å². The van der Waals surface area contributed by atoms with E-state index in [0.717, 1.165) is 29.9 Å². The van der Waals surface area contributed by atoms with Gasteiger partial charge in [-0.05, 0) is 50.3 Å². The highest BCUT2D eigenvalue weighted by Gasteiger charge is 2.37. The zero-order chi connectivity index (χ0) is 19.4. The van der Waals surface area contributed by atoms with Crippen LogP contribution in [0.4, 0.5) is 0 Å². The van der Waals surface area contributed by atoms with E-state index >= 15 is 0 Å². The van der Waals surface area contributed by atoms with Crippen molar-refractivity contribution in [2.24, 2.45) is 5.92 Å². The first-order valence-corrected chi connectivity index (χ1v) is 9.64. The maximum absolute atomic E-state index is 11.6. The van der Waals surface area contributed by atoms with Crippen molar-refractivity contribution in [1.82, 2.24) is 4.90 Å². The number of rotatable bonds is 3. The summed E-state index contributed by atoms with van der Waals surface area (Å²) in [6, 6.07) is 19.3. The zero-order valence-corrected chi connectivity index (χ0v) is 17.3. The predicted molar refractivity (Wildman–Crippen MR) is 114 cm³/mol. The number of hydrogen-bond donors (Lipinski definition) is 2. The molecule has 2 aromatic rings. The molecule has 4 nitrogen and oxygen atoms in total. The number of carboxylic acids is 1. The Morgan fingerprint density at radius 1 is 0.964 bits per heavy atom. The summed E-state index contributed by atoms with van der Waals surface area (Å²) in [6.45, 7) is 2.95. The average Bonchev–Trinajstić information content (AvgIpc) is 2.94. The summed E-state index contributed by atoms with van der Waals surface area (Å²) >= 11 is 0. The lowest BCUT2D eigenvalue weighted by molar-refractivity contribution is -0.141. The molecule has 2 aromatic carbocycles. The van der Waals surface area contributed by atoms with Gasteiger partial charge in [-0.25, -0.2) is 0 Å². The summed E-state index contributed by atoms with van der Waals surface area (Å²) in [5.41, 5.74) is 0.583. The maximum atomic E-state index is 11.6. The van der Waals surface area contributed by atoms with Gasteiger partial charge in [0.2, 0.25) is 0 Å². The number of aliphatic hydroxyl groups is 1. The van der Waals surface area contributed by atoms with E-state index in [0.29, 0.717) is 6.04 Å². The Morgan fingerprint density at radius 2 is 1.46 bits per heavy atom. The zero-order valence-electron chi connectivity index (χ0n) is 16.5. The van der Waals surface area contributed by atoms with Crippen LogP contribution in [0.15, 0.2) is 60.7 Å². The number of carbonyl (C=O) groups is 1. The molecule has 3 atom stereocenters. The lowest BCUT2D eigenvalue weighted by atomic mass is 9.76. The Balaban J connectivity index is 0.000000217. The van der Waals surface area contributed by atoms with Gasteiger partial charge < -0.3 is 15.1 Å². The summed E-state index contributed by atoms with van der Waals surface area (Å²) < 4.78 is 0. The van der Waals surface area contributed by atoms with Crippen molar-refractivity contribution in [3.8, 4) is 0 Å². The molecule has 1 saturated carbocycles. The largest absolute Gasteiger partial charge is 0.480 e. The van der Waals surface area contributed by atoms with Crippen LogP contribution in [0.3, 0.4) is 0 Å². The molecule has 0 radical (unpaired) electrons. The van der Waals surface area contributed by atoms with E-state index in [1.54, 1.807) is 6.92 Å². The Labute approximate surface area is 173 Å². The number of carboxylic acid groups (broad SMARTS) is 1. The summed E-state index contributed by atoms with van der Waals surface area (Å²) in [7, 11) is 2.17. The van der Waals surface area contributed by atoms with Crippen LogP contribution in [-0.4, -0.2) is 46.8 Å². The van der Waals surface area contributed by atoms with Crippen molar-refractivity contribution in [2.75, 3.05) is 13.6 Å². The topological polar surface area (TPSA) is 60.8 Å². The Kier molecular flexibility index (Phi) is 7.64. The summed E-state index contributed by atoms with van der Waals surface area (Å²) in [5.74, 6) is -0.0475. The summed E-state index contributed by atoms with van der Waals surface area (Å²) in [6.07, 6.45) is 3.37. The number of likely N-dealkylation sites (tertiary alicyclic amines) is 1. The van der Waals surface area contributed by atoms with Crippen molar-refractivity contribution in [2.45, 2.75) is 43.7 Å². The van der Waals surface area contributed by atoms with Crippen molar-refractivity contribution in [3.05, 3.63) is 71.8 Å². The molecule has 28 heavy (non-hydrogen) atoms. The van der Waals surface area contributed by atoms with E-state index < -0.39 is 11.4 Å². The fourth-order valence-electron chi connectivity index (χ4n) is 4.39. The Morgan fingerprint density at radius 3 is 1.89 bits per heavy atom. The normalized spacial score (nSPS) is 23.9. The molecule has 4 rings (SSSR count). The number of aliphatic carboxylic acids is 1. The molecule has 152 valence electrons. The van der Waals surface area contributed by atoms with Gasteiger partial charge in [-0.2, -0.15) is 0 Å². The molecule has 2 unspecified atom stereocenters. The van der Waals surface area contributed by atoms with Gasteiger partial charge in [0.05, 0.1) is 6.10 Å². The molecular weight excluding hydrogens is 374 g/mol. The highest BCUT2D eigenvalue weighted by molar-refractivity contribution is 5.85. The van der Waals surface area contributed by atoms with E-state index in [1.165, 1.54) is 13.0 Å². The highest BCUT2D eigenvalue weighted by atomic mass is 35.5. The van der Waals surface area contributed by atoms with Gasteiger partial charge in [0.25, 0.3) is 0 Å². The van der Waals surface area contributed by atoms with Crippen LogP contribution in [0, 0.1) is 5.92 Å². The monoisotopic (exact) mass is 403 g/mol. The smallest absolute Gasteiger partial charge is 0.318 e. The van der Waals surface area contributed by atoms with E-state index in [-0.39, 0.29) is 18.5 Å². The molecule has 1 heterocycles. The van der Waals surface area contributed by atoms with E-state index in [4.69, 9.17) is 0 Å². The first-order valence-electron chi connectivity index (χ1n) is 9.64. The molecule has 2 bridgehead atoms. The van der Waals surface area contributed by atoms with Gasteiger partial charge in [-0.3, -0.25) is 4.79 Å². The third kappa shape index (κ3) is 4.75. The van der Waals surface area contributed by atoms with Gasteiger partial charge in [0.15, 0.2) is 0 Å². The second-order valence-electron chi connectivity index (χ2n) is 7.98. The molecular formula is C23H30ClNO3. The van der Waals surface area contributed by atoms with Crippen LogP contribution in [0.5, 0.6) is 0 Å². The lowest BCUT2D eigenvalue weighted by Crippen LogP contribution is -2.33. The van der Waals surface area contributed by atoms with Crippen molar-refractivity contribution in [1.29, 1.82) is 0 Å². The van der Waals surface area contributed by atoms with Crippen LogP contribution >= 0.6 is 12.4 Å². The molecule has 2 aliphatic rings. The molecule has 1 aliphatic heterocycles. The van der Waals surface area contributed by atoms with Gasteiger partial charge in [-0.15, -0.1) is 12.4 Å². The third-order valence-electron chi connectivity index (χ3n) is 6.05. The standard InChI is InChI=1S/C15H14O2.C8H15NO.ClH/c1-15(14(16)17,12-8-4-2-5-9-12)13-10-6-3-7-11-13;1-9-5-6-2-7(9)4-8(10)3-6;/h2-11H,1H3,(H,16,17);6-8,10H,2-5H2,1H3;1H/t;6?,7?,8-;/m.0./s1. The molecule has 0 spiro atoms. The van der Waals surface area contributed by atoms with Gasteiger partial charge in [0.1, 0.15) is 5.41 Å². The fourth-order valence-corrected chi connectivity index (χ4v) is 4.39. The second kappa shape index (κ2) is 9.55. The van der Waals surface area contributed by atoms with Crippen molar-refractivity contribution < 1.29 is 15.0 Å². The number of nitrogens with zero attached hydrogens (tertiary/aromatic N) is 1. The second-order valence-corrected chi connectivity index (χ2v) is 7.98. The number of fused-ring (bicyclic) bond motifs is 2. The first kappa shape index (κ1) is 22.4. The minimum Gasteiger partial charge on any atom is -0.480 e. The minimum atomic E-state index is -0.998. The third-order valence-corrected chi connectivity index (χ3v) is 6.05. The molecule has 0 aromatic heterocycles. The van der Waals surface area contributed by atoms with Crippen LogP contribution in [0.2, 0.25) is 0 Å². The van der Waals surface area contributed by atoms with Crippen LogP contribution in [-0.2, 0) is 10.2 Å². The van der Waals surface area contributed by atoms with E-state index in [2.05, 4.69) is 11.9 Å². The molecule has 1 aliphatic carbocycles. The number of hydrogen-bond acceptors (Lipinski definition) is 3. The summed E-state index contributed by atoms with van der Waals surface area (Å²) in [4.78, 5) is 14.0. The van der Waals surface area contributed by atoms with Crippen LogP contribution < -0.4 is 0 Å². The number of aliphatic hydroxyl groups excluding tert-OH is 1. The number of benzene rings is 2. The maximum Gasteiger partial charge on any atom is 0.318 e. The minimum absolute atomic E-state index is 0. The highest BCUT2D eigenvalue weighted by Crippen LogP contribution is 2.34. The van der Waals surface area contributed by atoms with Gasteiger partial charge in [-0.1, -0.05) is 60.7 Å². The molecule has 2 fully saturated rings. The van der Waals surface area contributed by atoms with E-state index in [1.807, 2.05) is 60.7 Å². The SMILES string of the molecule is CC(C(=O)O)(c1ccccc1)c1ccccc1.CN1CC2CC1C[C@@H](O)C2.Cl. The van der Waals surface area contributed by atoms with Crippen molar-refractivity contribution in [3.63, 3.8) is 0 Å². The van der Waals surface area contributed by atoms with Crippen LogP contribution in [0.25, 0.3) is 0 Å². The molecule has 5 heteroatoms.